The minimum absolute atomic E-state index is 0.189. The Morgan fingerprint density at radius 2 is 2.08 bits per heavy atom. The Morgan fingerprint density at radius 1 is 1.23 bits per heavy atom. The van der Waals surface area contributed by atoms with Crippen molar-refractivity contribution in [2.45, 2.75) is 6.54 Å². The molecule has 2 aromatic carbocycles. The number of rotatable bonds is 4. The number of hydrogen-bond acceptors (Lipinski definition) is 5. The van der Waals surface area contributed by atoms with Crippen LogP contribution in [0.15, 0.2) is 59.2 Å². The molecule has 0 radical (unpaired) electrons. The highest BCUT2D eigenvalue weighted by molar-refractivity contribution is 9.10. The first-order valence-corrected chi connectivity index (χ1v) is 9.49. The third-order valence-electron chi connectivity index (χ3n) is 3.84. The summed E-state index contributed by atoms with van der Waals surface area (Å²) in [5.74, 6) is -0.189. The Hall–Kier alpha value is -2.58. The number of nitrogens with zero attached hydrogens (tertiary/aromatic N) is 5. The van der Waals surface area contributed by atoms with Crippen LogP contribution in [0, 0.1) is 0 Å². The molecule has 0 spiro atoms. The molecule has 0 bridgehead atoms. The van der Waals surface area contributed by atoms with E-state index in [4.69, 9.17) is 0 Å². The molecule has 0 fully saturated rings. The summed E-state index contributed by atoms with van der Waals surface area (Å²) in [5, 5.41) is 8.97. The zero-order valence-electron chi connectivity index (χ0n) is 13.8. The number of halogens is 1. The number of carbonyl (C=O) groups excluding carboxylic acids is 1. The van der Waals surface area contributed by atoms with Crippen LogP contribution in [0.3, 0.4) is 0 Å². The molecule has 0 atom stereocenters. The largest absolute Gasteiger partial charge is 0.333 e. The lowest BCUT2D eigenvalue weighted by atomic mass is 10.3. The second kappa shape index (κ2) is 6.97. The van der Waals surface area contributed by atoms with Crippen molar-refractivity contribution in [1.82, 2.24) is 24.9 Å². The Morgan fingerprint density at radius 3 is 2.88 bits per heavy atom. The Balaban J connectivity index is 1.51. The van der Waals surface area contributed by atoms with Gasteiger partial charge in [0.25, 0.3) is 5.91 Å². The van der Waals surface area contributed by atoms with Crippen molar-refractivity contribution in [3.8, 4) is 5.69 Å². The van der Waals surface area contributed by atoms with E-state index in [1.54, 1.807) is 34.2 Å². The zero-order chi connectivity index (χ0) is 18.1. The SMILES string of the molecule is CN(Cc1nc2ccccc2s1)C(=O)c1cn(-c2cccc(Br)c2)nn1. The monoisotopic (exact) mass is 427 g/mol. The molecule has 1 amide bonds. The molecule has 6 nitrogen and oxygen atoms in total. The lowest BCUT2D eigenvalue weighted by Gasteiger charge is -2.13. The van der Waals surface area contributed by atoms with E-state index in [0.29, 0.717) is 12.2 Å². The van der Waals surface area contributed by atoms with Crippen LogP contribution in [-0.4, -0.2) is 37.8 Å². The third kappa shape index (κ3) is 3.38. The summed E-state index contributed by atoms with van der Waals surface area (Å²) in [4.78, 5) is 18.8. The molecule has 0 saturated carbocycles. The molecule has 26 heavy (non-hydrogen) atoms. The van der Waals surface area contributed by atoms with Crippen molar-refractivity contribution in [2.75, 3.05) is 7.05 Å². The fourth-order valence-corrected chi connectivity index (χ4v) is 3.97. The van der Waals surface area contributed by atoms with Crippen LogP contribution >= 0.6 is 27.3 Å². The van der Waals surface area contributed by atoms with Gasteiger partial charge < -0.3 is 4.90 Å². The van der Waals surface area contributed by atoms with E-state index in [1.807, 2.05) is 48.5 Å². The fraction of sp³-hybridized carbons (Fsp3) is 0.111. The summed E-state index contributed by atoms with van der Waals surface area (Å²) in [6.07, 6.45) is 1.64. The molecule has 4 rings (SSSR count). The van der Waals surface area contributed by atoms with Gasteiger partial charge in [-0.25, -0.2) is 9.67 Å². The van der Waals surface area contributed by atoms with Gasteiger partial charge in [-0.2, -0.15) is 0 Å². The molecule has 0 N–H and O–H groups in total. The predicted octanol–water partition coefficient (Wildman–Crippen LogP) is 3.91. The smallest absolute Gasteiger partial charge is 0.276 e. The van der Waals surface area contributed by atoms with Crippen LogP contribution in [0.1, 0.15) is 15.5 Å². The number of aromatic nitrogens is 4. The van der Waals surface area contributed by atoms with Crippen molar-refractivity contribution in [1.29, 1.82) is 0 Å². The van der Waals surface area contributed by atoms with E-state index >= 15 is 0 Å². The lowest BCUT2D eigenvalue weighted by molar-refractivity contribution is 0.0779. The van der Waals surface area contributed by atoms with Gasteiger partial charge in [-0.15, -0.1) is 16.4 Å². The van der Waals surface area contributed by atoms with E-state index in [2.05, 4.69) is 31.2 Å². The summed E-state index contributed by atoms with van der Waals surface area (Å²) in [5.41, 5.74) is 2.09. The highest BCUT2D eigenvalue weighted by atomic mass is 79.9. The maximum atomic E-state index is 12.7. The minimum atomic E-state index is -0.189. The van der Waals surface area contributed by atoms with Gasteiger partial charge in [0.05, 0.1) is 28.6 Å². The topological polar surface area (TPSA) is 63.9 Å². The first kappa shape index (κ1) is 16.9. The summed E-state index contributed by atoms with van der Waals surface area (Å²) in [6.45, 7) is 0.432. The summed E-state index contributed by atoms with van der Waals surface area (Å²) < 4.78 is 3.64. The van der Waals surface area contributed by atoms with Crippen LogP contribution < -0.4 is 0 Å². The Kier molecular flexibility index (Phi) is 4.52. The molecule has 130 valence electrons. The Labute approximate surface area is 162 Å². The third-order valence-corrected chi connectivity index (χ3v) is 5.36. The van der Waals surface area contributed by atoms with Crippen molar-refractivity contribution in [3.05, 3.63) is 69.9 Å². The normalized spacial score (nSPS) is 11.0. The van der Waals surface area contributed by atoms with Crippen molar-refractivity contribution >= 4 is 43.4 Å². The van der Waals surface area contributed by atoms with Crippen molar-refractivity contribution < 1.29 is 4.79 Å². The molecule has 0 aliphatic heterocycles. The average Bonchev–Trinajstić information content (AvgIpc) is 3.27. The second-order valence-electron chi connectivity index (χ2n) is 5.76. The maximum Gasteiger partial charge on any atom is 0.276 e. The highest BCUT2D eigenvalue weighted by Crippen LogP contribution is 2.22. The van der Waals surface area contributed by atoms with E-state index in [9.17, 15) is 4.79 Å². The molecule has 8 heteroatoms. The van der Waals surface area contributed by atoms with E-state index in [0.717, 1.165) is 25.4 Å². The maximum absolute atomic E-state index is 12.7. The quantitative estimate of drug-likeness (QED) is 0.495. The van der Waals surface area contributed by atoms with Gasteiger partial charge in [0.2, 0.25) is 0 Å². The van der Waals surface area contributed by atoms with Crippen LogP contribution in [0.4, 0.5) is 0 Å². The number of fused-ring (bicyclic) bond motifs is 1. The number of thiazole rings is 1. The lowest BCUT2D eigenvalue weighted by Crippen LogP contribution is -2.26. The molecule has 0 aliphatic carbocycles. The highest BCUT2D eigenvalue weighted by Gasteiger charge is 2.18. The first-order valence-electron chi connectivity index (χ1n) is 7.88. The van der Waals surface area contributed by atoms with Crippen LogP contribution in [0.25, 0.3) is 15.9 Å². The van der Waals surface area contributed by atoms with Gasteiger partial charge in [0, 0.05) is 11.5 Å². The molecule has 2 heterocycles. The number of para-hydroxylation sites is 1. The van der Waals surface area contributed by atoms with Gasteiger partial charge in [-0.1, -0.05) is 39.3 Å². The summed E-state index contributed by atoms with van der Waals surface area (Å²) in [6, 6.07) is 15.6. The summed E-state index contributed by atoms with van der Waals surface area (Å²) in [7, 11) is 1.74. The number of carbonyl (C=O) groups is 1. The molecule has 0 saturated heterocycles. The van der Waals surface area contributed by atoms with Crippen LogP contribution in [0.2, 0.25) is 0 Å². The molecular weight excluding hydrogens is 414 g/mol. The Bertz CT molecular complexity index is 1060. The van der Waals surface area contributed by atoms with Crippen LogP contribution in [-0.2, 0) is 6.54 Å². The van der Waals surface area contributed by atoms with Gasteiger partial charge in [0.15, 0.2) is 5.69 Å². The molecule has 2 aromatic heterocycles. The molecular formula is C18H14BrN5OS. The molecule has 0 aliphatic rings. The van der Waals surface area contributed by atoms with Gasteiger partial charge >= 0.3 is 0 Å². The standard InChI is InChI=1S/C18H14BrN5OS/c1-23(11-17-20-14-7-2-3-8-16(14)26-17)18(25)15-10-24(22-21-15)13-6-4-5-12(19)9-13/h2-10H,11H2,1H3. The van der Waals surface area contributed by atoms with Crippen molar-refractivity contribution in [2.24, 2.45) is 0 Å². The van der Waals surface area contributed by atoms with Crippen molar-refractivity contribution in [3.63, 3.8) is 0 Å². The van der Waals surface area contributed by atoms with Crippen LogP contribution in [0.5, 0.6) is 0 Å². The number of benzene rings is 2. The van der Waals surface area contributed by atoms with E-state index < -0.39 is 0 Å². The fourth-order valence-electron chi connectivity index (χ4n) is 2.56. The average molecular weight is 428 g/mol. The van der Waals surface area contributed by atoms with Gasteiger partial charge in [-0.05, 0) is 30.3 Å². The molecule has 4 aromatic rings. The number of hydrogen-bond donors (Lipinski definition) is 0. The summed E-state index contributed by atoms with van der Waals surface area (Å²) >= 11 is 5.02. The van der Waals surface area contributed by atoms with Gasteiger partial charge in [0.1, 0.15) is 5.01 Å². The predicted molar refractivity (Wildman–Crippen MR) is 104 cm³/mol. The van der Waals surface area contributed by atoms with E-state index in [-0.39, 0.29) is 5.91 Å². The minimum Gasteiger partial charge on any atom is -0.333 e. The van der Waals surface area contributed by atoms with E-state index in [1.165, 1.54) is 0 Å². The first-order chi connectivity index (χ1) is 12.6. The number of amides is 1. The second-order valence-corrected chi connectivity index (χ2v) is 7.80. The molecule has 0 unspecified atom stereocenters. The van der Waals surface area contributed by atoms with Gasteiger partial charge in [-0.3, -0.25) is 4.79 Å². The zero-order valence-corrected chi connectivity index (χ0v) is 16.2.